The Labute approximate surface area is 104 Å². The van der Waals surface area contributed by atoms with Gasteiger partial charge in [-0.3, -0.25) is 0 Å². The molecule has 1 fully saturated rings. The van der Waals surface area contributed by atoms with Crippen molar-refractivity contribution in [2.75, 3.05) is 52.4 Å². The van der Waals surface area contributed by atoms with Gasteiger partial charge in [-0.05, 0) is 31.7 Å². The monoisotopic (exact) mass is 249 g/mol. The summed E-state index contributed by atoms with van der Waals surface area (Å²) in [6.07, 6.45) is 3.70. The molecule has 96 valence electrons. The van der Waals surface area contributed by atoms with Gasteiger partial charge < -0.3 is 14.4 Å². The first-order chi connectivity index (χ1) is 7.86. The lowest BCUT2D eigenvalue weighted by atomic mass is 10.00. The minimum absolute atomic E-state index is 0.692. The van der Waals surface area contributed by atoms with E-state index in [1.807, 2.05) is 0 Å². The van der Waals surface area contributed by atoms with Crippen molar-refractivity contribution in [3.8, 4) is 0 Å². The number of ether oxygens (including phenoxy) is 2. The van der Waals surface area contributed by atoms with Crippen molar-refractivity contribution in [1.82, 2.24) is 4.90 Å². The van der Waals surface area contributed by atoms with Crippen molar-refractivity contribution < 1.29 is 9.47 Å². The molecule has 0 aliphatic carbocycles. The molecule has 1 unspecified atom stereocenters. The van der Waals surface area contributed by atoms with Gasteiger partial charge in [0.1, 0.15) is 0 Å². The van der Waals surface area contributed by atoms with E-state index >= 15 is 0 Å². The molecular formula is C12H24ClNO2. The van der Waals surface area contributed by atoms with Crippen LogP contribution in [0.1, 0.15) is 19.3 Å². The third-order valence-corrected chi connectivity index (χ3v) is 3.45. The molecule has 1 aliphatic heterocycles. The van der Waals surface area contributed by atoms with Crippen molar-refractivity contribution in [3.05, 3.63) is 0 Å². The lowest BCUT2D eigenvalue weighted by Gasteiger charge is -2.31. The lowest BCUT2D eigenvalue weighted by molar-refractivity contribution is 0.0628. The van der Waals surface area contributed by atoms with Crippen LogP contribution >= 0.6 is 11.6 Å². The summed E-state index contributed by atoms with van der Waals surface area (Å²) in [5.74, 6) is 1.51. The van der Waals surface area contributed by atoms with E-state index in [1.54, 1.807) is 7.11 Å². The van der Waals surface area contributed by atoms with E-state index in [4.69, 9.17) is 21.1 Å². The van der Waals surface area contributed by atoms with E-state index in [9.17, 15) is 0 Å². The standard InChI is InChI=1S/C12H24ClNO2/c1-15-8-9-16-7-3-6-14-5-2-4-12(10-13)11-14/h12H,2-11H2,1H3. The van der Waals surface area contributed by atoms with Crippen LogP contribution in [0.15, 0.2) is 0 Å². The highest BCUT2D eigenvalue weighted by Gasteiger charge is 2.18. The SMILES string of the molecule is COCCOCCCN1CCCC(CCl)C1. The second-order valence-corrected chi connectivity index (χ2v) is 4.73. The Morgan fingerprint density at radius 1 is 1.31 bits per heavy atom. The molecule has 1 atom stereocenters. The third-order valence-electron chi connectivity index (χ3n) is 3.02. The first-order valence-electron chi connectivity index (χ1n) is 6.21. The van der Waals surface area contributed by atoms with Crippen LogP contribution in [-0.4, -0.2) is 57.3 Å². The van der Waals surface area contributed by atoms with Crippen LogP contribution in [-0.2, 0) is 9.47 Å². The van der Waals surface area contributed by atoms with Crippen molar-refractivity contribution in [3.63, 3.8) is 0 Å². The van der Waals surface area contributed by atoms with Crippen LogP contribution in [0.4, 0.5) is 0 Å². The number of hydrogen-bond acceptors (Lipinski definition) is 3. The Kier molecular flexibility index (Phi) is 8.21. The molecule has 0 radical (unpaired) electrons. The summed E-state index contributed by atoms with van der Waals surface area (Å²) in [6, 6.07) is 0. The van der Waals surface area contributed by atoms with Gasteiger partial charge in [0.05, 0.1) is 13.2 Å². The fraction of sp³-hybridized carbons (Fsp3) is 1.00. The van der Waals surface area contributed by atoms with Gasteiger partial charge in [0.25, 0.3) is 0 Å². The molecule has 0 aromatic heterocycles. The van der Waals surface area contributed by atoms with Crippen LogP contribution in [0, 0.1) is 5.92 Å². The molecular weight excluding hydrogens is 226 g/mol. The molecule has 0 aromatic carbocycles. The average Bonchev–Trinajstić information content (AvgIpc) is 2.34. The van der Waals surface area contributed by atoms with E-state index in [-0.39, 0.29) is 0 Å². The molecule has 16 heavy (non-hydrogen) atoms. The minimum atomic E-state index is 0.692. The fourth-order valence-corrected chi connectivity index (χ4v) is 2.37. The first kappa shape index (κ1) is 14.2. The number of halogens is 1. The number of rotatable bonds is 8. The van der Waals surface area contributed by atoms with Crippen LogP contribution < -0.4 is 0 Å². The molecule has 0 saturated carbocycles. The van der Waals surface area contributed by atoms with Crippen LogP contribution in [0.2, 0.25) is 0 Å². The Hall–Kier alpha value is 0.170. The van der Waals surface area contributed by atoms with E-state index in [0.717, 1.165) is 25.5 Å². The summed E-state index contributed by atoms with van der Waals surface area (Å²) < 4.78 is 10.4. The van der Waals surface area contributed by atoms with Gasteiger partial charge in [0.2, 0.25) is 0 Å². The normalized spacial score (nSPS) is 22.5. The largest absolute Gasteiger partial charge is 0.382 e. The topological polar surface area (TPSA) is 21.7 Å². The second kappa shape index (κ2) is 9.23. The zero-order valence-corrected chi connectivity index (χ0v) is 11.0. The number of alkyl halides is 1. The number of piperidine rings is 1. The summed E-state index contributed by atoms with van der Waals surface area (Å²) in [5.41, 5.74) is 0. The van der Waals surface area contributed by atoms with Gasteiger partial charge in [-0.25, -0.2) is 0 Å². The van der Waals surface area contributed by atoms with Crippen molar-refractivity contribution >= 4 is 11.6 Å². The third kappa shape index (κ3) is 6.04. The van der Waals surface area contributed by atoms with Crippen molar-refractivity contribution in [2.24, 2.45) is 5.92 Å². The van der Waals surface area contributed by atoms with E-state index < -0.39 is 0 Å². The molecule has 0 N–H and O–H groups in total. The summed E-state index contributed by atoms with van der Waals surface area (Å²) in [7, 11) is 1.70. The highest BCUT2D eigenvalue weighted by Crippen LogP contribution is 2.17. The summed E-state index contributed by atoms with van der Waals surface area (Å²) in [5, 5.41) is 0. The smallest absolute Gasteiger partial charge is 0.0700 e. The predicted octanol–water partition coefficient (Wildman–Crippen LogP) is 1.99. The zero-order valence-electron chi connectivity index (χ0n) is 10.3. The number of methoxy groups -OCH3 is 1. The van der Waals surface area contributed by atoms with Crippen molar-refractivity contribution in [1.29, 1.82) is 0 Å². The number of hydrogen-bond donors (Lipinski definition) is 0. The van der Waals surface area contributed by atoms with Gasteiger partial charge in [-0.15, -0.1) is 11.6 Å². The molecule has 1 rings (SSSR count). The second-order valence-electron chi connectivity index (χ2n) is 4.42. The van der Waals surface area contributed by atoms with Crippen LogP contribution in [0.25, 0.3) is 0 Å². The molecule has 0 aromatic rings. The molecule has 1 heterocycles. The quantitative estimate of drug-likeness (QED) is 0.485. The Balaban J connectivity index is 1.95. The van der Waals surface area contributed by atoms with Crippen molar-refractivity contribution in [2.45, 2.75) is 19.3 Å². The maximum Gasteiger partial charge on any atom is 0.0700 e. The van der Waals surface area contributed by atoms with Gasteiger partial charge in [0.15, 0.2) is 0 Å². The molecule has 3 nitrogen and oxygen atoms in total. The number of nitrogens with zero attached hydrogens (tertiary/aromatic N) is 1. The maximum absolute atomic E-state index is 5.90. The van der Waals surface area contributed by atoms with Gasteiger partial charge in [0, 0.05) is 32.7 Å². The average molecular weight is 250 g/mol. The molecule has 1 saturated heterocycles. The fourth-order valence-electron chi connectivity index (χ4n) is 2.11. The molecule has 0 spiro atoms. The van der Waals surface area contributed by atoms with Crippen LogP contribution in [0.5, 0.6) is 0 Å². The predicted molar refractivity (Wildman–Crippen MR) is 67.2 cm³/mol. The maximum atomic E-state index is 5.90. The molecule has 0 bridgehead atoms. The van der Waals surface area contributed by atoms with E-state index in [1.165, 1.54) is 25.9 Å². The van der Waals surface area contributed by atoms with Crippen LogP contribution in [0.3, 0.4) is 0 Å². The Morgan fingerprint density at radius 2 is 2.19 bits per heavy atom. The highest BCUT2D eigenvalue weighted by molar-refractivity contribution is 6.18. The Bertz CT molecular complexity index is 169. The van der Waals surface area contributed by atoms with E-state index in [0.29, 0.717) is 19.1 Å². The summed E-state index contributed by atoms with van der Waals surface area (Å²) >= 11 is 5.90. The summed E-state index contributed by atoms with van der Waals surface area (Å²) in [6.45, 7) is 5.78. The first-order valence-corrected chi connectivity index (χ1v) is 6.75. The minimum Gasteiger partial charge on any atom is -0.382 e. The Morgan fingerprint density at radius 3 is 2.94 bits per heavy atom. The molecule has 0 amide bonds. The lowest BCUT2D eigenvalue weighted by Crippen LogP contribution is -2.37. The summed E-state index contributed by atoms with van der Waals surface area (Å²) in [4.78, 5) is 2.51. The molecule has 1 aliphatic rings. The van der Waals surface area contributed by atoms with Gasteiger partial charge in [-0.2, -0.15) is 0 Å². The number of likely N-dealkylation sites (tertiary alicyclic amines) is 1. The van der Waals surface area contributed by atoms with E-state index in [2.05, 4.69) is 4.90 Å². The van der Waals surface area contributed by atoms with Gasteiger partial charge >= 0.3 is 0 Å². The zero-order chi connectivity index (χ0) is 11.6. The van der Waals surface area contributed by atoms with Gasteiger partial charge in [-0.1, -0.05) is 0 Å². The highest BCUT2D eigenvalue weighted by atomic mass is 35.5. The molecule has 4 heteroatoms.